The van der Waals surface area contributed by atoms with E-state index in [9.17, 15) is 21.4 Å². The summed E-state index contributed by atoms with van der Waals surface area (Å²) >= 11 is 0. The molecule has 0 fully saturated rings. The number of benzene rings is 2. The normalized spacial score (nSPS) is 11.7. The molecule has 0 aliphatic heterocycles. The maximum Gasteiger partial charge on any atom is 1.00 e. The summed E-state index contributed by atoms with van der Waals surface area (Å²) < 4.78 is 68.3. The van der Waals surface area contributed by atoms with Crippen LogP contribution in [0.5, 0.6) is 11.5 Å². The number of ether oxygens (including phenoxy) is 1. The number of rotatable bonds is 16. The Bertz CT molecular complexity index is 1040. The summed E-state index contributed by atoms with van der Waals surface area (Å²) in [6.45, 7) is 2.37. The molecule has 2 rings (SSSR count). The van der Waals surface area contributed by atoms with Crippen molar-refractivity contribution in [3.8, 4) is 11.5 Å². The maximum absolute atomic E-state index is 12.3. The first-order valence-electron chi connectivity index (χ1n) is 11.5. The van der Waals surface area contributed by atoms with Gasteiger partial charge in [0.25, 0.3) is 10.1 Å². The first-order valence-corrected chi connectivity index (χ1v) is 14.3. The van der Waals surface area contributed by atoms with Crippen LogP contribution in [0.1, 0.15) is 71.1 Å². The van der Waals surface area contributed by atoms with Crippen LogP contribution >= 0.6 is 0 Å². The molecule has 0 bridgehead atoms. The summed E-state index contributed by atoms with van der Waals surface area (Å²) in [4.78, 5) is -0.314. The quantitative estimate of drug-likeness (QED) is 0.145. The molecule has 0 amide bonds. The largest absolute Gasteiger partial charge is 1.00 e. The third-order valence-electron chi connectivity index (χ3n) is 5.20. The first-order chi connectivity index (χ1) is 15.7. The summed E-state index contributed by atoms with van der Waals surface area (Å²) in [5.74, 6) is 0.677. The van der Waals surface area contributed by atoms with Crippen LogP contribution in [0.3, 0.4) is 0 Å². The van der Waals surface area contributed by atoms with Gasteiger partial charge >= 0.3 is 29.6 Å². The Balaban J connectivity index is 0.00000578. The molecule has 0 atom stereocenters. The van der Waals surface area contributed by atoms with Gasteiger partial charge in [-0.25, -0.2) is 8.42 Å². The average molecular weight is 521 g/mol. The molecule has 0 saturated carbocycles. The van der Waals surface area contributed by atoms with Gasteiger partial charge in [-0.3, -0.25) is 4.18 Å². The van der Waals surface area contributed by atoms with E-state index >= 15 is 0 Å². The molecule has 0 saturated heterocycles. The molecule has 184 valence electrons. The zero-order valence-electron chi connectivity index (χ0n) is 20.1. The minimum absolute atomic E-state index is 0. The van der Waals surface area contributed by atoms with Gasteiger partial charge in [-0.15, -0.1) is 0 Å². The van der Waals surface area contributed by atoms with E-state index in [1.165, 1.54) is 81.3 Å². The summed E-state index contributed by atoms with van der Waals surface area (Å²) in [6, 6.07) is 10.7. The molecule has 34 heavy (non-hydrogen) atoms. The van der Waals surface area contributed by atoms with Crippen LogP contribution < -0.4 is 34.3 Å². The summed E-state index contributed by atoms with van der Waals surface area (Å²) in [6.07, 6.45) is 11.6. The Hall–Kier alpha value is -0.940. The van der Waals surface area contributed by atoms with Crippen LogP contribution in [0.2, 0.25) is 0 Å². The average Bonchev–Trinajstić information content (AvgIpc) is 2.77. The third kappa shape index (κ3) is 11.7. The predicted octanol–water partition coefficient (Wildman–Crippen LogP) is 3.01. The minimum Gasteiger partial charge on any atom is -0.744 e. The van der Waals surface area contributed by atoms with Gasteiger partial charge in [0, 0.05) is 0 Å². The molecule has 0 N–H and O–H groups in total. The van der Waals surface area contributed by atoms with Crippen molar-refractivity contribution in [3.63, 3.8) is 0 Å². The molecule has 0 radical (unpaired) electrons. The van der Waals surface area contributed by atoms with Crippen LogP contribution in [0.15, 0.2) is 58.3 Å². The number of hydrogen-bond donors (Lipinski definition) is 0. The van der Waals surface area contributed by atoms with E-state index < -0.39 is 20.2 Å². The van der Waals surface area contributed by atoms with Crippen molar-refractivity contribution >= 4 is 20.2 Å². The Morgan fingerprint density at radius 2 is 1.06 bits per heavy atom. The van der Waals surface area contributed by atoms with Gasteiger partial charge < -0.3 is 9.29 Å². The van der Waals surface area contributed by atoms with Crippen molar-refractivity contribution in [1.29, 1.82) is 0 Å². The van der Waals surface area contributed by atoms with Crippen LogP contribution in [-0.4, -0.2) is 28.0 Å². The standard InChI is InChI=1S/C24H34O7S2.Na/c1-2-3-4-5-6-7-8-9-10-11-20-30-33(28,29)24-18-14-22(15-19-24)31-21-12-16-23(17-13-21)32(25,26)27;/h12-19H,2-11,20H2,1H3,(H,25,26,27);/q;+1/p-1. The SMILES string of the molecule is CCCCCCCCCCCCOS(=O)(=O)c1ccc(Oc2ccc(S(=O)(=O)[O-])cc2)cc1.[Na+]. The van der Waals surface area contributed by atoms with Crippen LogP contribution in [0, 0.1) is 0 Å². The van der Waals surface area contributed by atoms with Crippen molar-refractivity contribution in [1.82, 2.24) is 0 Å². The van der Waals surface area contributed by atoms with Gasteiger partial charge in [-0.1, -0.05) is 64.7 Å². The summed E-state index contributed by atoms with van der Waals surface area (Å²) in [7, 11) is -8.36. The molecule has 10 heteroatoms. The van der Waals surface area contributed by atoms with E-state index in [1.54, 1.807) is 0 Å². The van der Waals surface area contributed by atoms with E-state index in [-0.39, 0.29) is 46.0 Å². The first kappa shape index (κ1) is 31.1. The zero-order valence-corrected chi connectivity index (χ0v) is 23.7. The molecule has 2 aromatic rings. The molecule has 0 aromatic heterocycles. The monoisotopic (exact) mass is 520 g/mol. The number of hydrogen-bond acceptors (Lipinski definition) is 7. The predicted molar refractivity (Wildman–Crippen MR) is 126 cm³/mol. The zero-order chi connectivity index (χ0) is 24.2. The summed E-state index contributed by atoms with van der Waals surface area (Å²) in [5, 5.41) is 0. The van der Waals surface area contributed by atoms with Crippen molar-refractivity contribution in [2.45, 2.75) is 80.9 Å². The number of unbranched alkanes of at least 4 members (excludes halogenated alkanes) is 9. The molecular formula is C24H33NaO7S2. The second kappa shape index (κ2) is 15.9. The van der Waals surface area contributed by atoms with Crippen molar-refractivity contribution in [2.24, 2.45) is 0 Å². The van der Waals surface area contributed by atoms with Gasteiger partial charge in [0.15, 0.2) is 0 Å². The Morgan fingerprint density at radius 1 is 0.647 bits per heavy atom. The molecule has 7 nitrogen and oxygen atoms in total. The van der Waals surface area contributed by atoms with Crippen molar-refractivity contribution in [2.75, 3.05) is 6.61 Å². The van der Waals surface area contributed by atoms with Gasteiger partial charge in [0.1, 0.15) is 21.6 Å². The van der Waals surface area contributed by atoms with E-state index in [0.717, 1.165) is 25.0 Å². The third-order valence-corrected chi connectivity index (χ3v) is 7.37. The fourth-order valence-corrected chi connectivity index (χ4v) is 4.72. The molecule has 0 aliphatic carbocycles. The van der Waals surface area contributed by atoms with Gasteiger partial charge in [0.2, 0.25) is 0 Å². The molecular weight excluding hydrogens is 487 g/mol. The maximum atomic E-state index is 12.3. The van der Waals surface area contributed by atoms with Crippen molar-refractivity contribution < 1.29 is 59.9 Å². The smallest absolute Gasteiger partial charge is 0.744 e. The van der Waals surface area contributed by atoms with E-state index in [1.807, 2.05) is 0 Å². The fourth-order valence-electron chi connectivity index (χ4n) is 3.31. The van der Waals surface area contributed by atoms with Gasteiger partial charge in [0.05, 0.1) is 16.4 Å². The van der Waals surface area contributed by atoms with Gasteiger partial charge in [-0.05, 0) is 55.0 Å². The molecule has 0 heterocycles. The summed E-state index contributed by atoms with van der Waals surface area (Å²) in [5.41, 5.74) is 0. The Labute approximate surface area is 226 Å². The topological polar surface area (TPSA) is 110 Å². The Kier molecular flexibility index (Phi) is 14.6. The fraction of sp³-hybridized carbons (Fsp3) is 0.500. The van der Waals surface area contributed by atoms with Crippen LogP contribution in [0.4, 0.5) is 0 Å². The van der Waals surface area contributed by atoms with Crippen LogP contribution in [-0.2, 0) is 24.4 Å². The van der Waals surface area contributed by atoms with Gasteiger partial charge in [-0.2, -0.15) is 8.42 Å². The Morgan fingerprint density at radius 3 is 1.50 bits per heavy atom. The van der Waals surface area contributed by atoms with E-state index in [4.69, 9.17) is 8.92 Å². The second-order valence-corrected chi connectivity index (χ2v) is 11.0. The minimum atomic E-state index is -4.52. The molecule has 0 aliphatic rings. The van der Waals surface area contributed by atoms with Crippen molar-refractivity contribution in [3.05, 3.63) is 48.5 Å². The van der Waals surface area contributed by atoms with Crippen LogP contribution in [0.25, 0.3) is 0 Å². The molecule has 0 spiro atoms. The molecule has 0 unspecified atom stereocenters. The second-order valence-electron chi connectivity index (χ2n) is 7.96. The van der Waals surface area contributed by atoms with E-state index in [2.05, 4.69) is 6.92 Å². The molecule has 2 aromatic carbocycles. The van der Waals surface area contributed by atoms with E-state index in [0.29, 0.717) is 17.9 Å².